The molecule has 0 spiro atoms. The molecule has 6 nitrogen and oxygen atoms in total. The maximum absolute atomic E-state index is 11.4. The summed E-state index contributed by atoms with van der Waals surface area (Å²) in [4.78, 5) is 2.70. The van der Waals surface area contributed by atoms with Crippen LogP contribution in [0.1, 0.15) is 59.5 Å². The Morgan fingerprint density at radius 3 is 2.86 bits per heavy atom. The standard InChI is InChI=1S/C20H31N3O3S2/c1-4-17-11-18(20(27-17)5-7-24)15-9-14(2)22-19(10-15)16-12-21-23(13-16)6-8-28(3,25)26/h11-15,19,22,24H,4-10H2,1-3H3. The van der Waals surface area contributed by atoms with Crippen molar-refractivity contribution < 1.29 is 13.5 Å². The second-order valence-corrected chi connectivity index (χ2v) is 11.4. The fourth-order valence-corrected chi connectivity index (χ4v) is 5.73. The van der Waals surface area contributed by atoms with Crippen LogP contribution in [-0.2, 0) is 29.2 Å². The monoisotopic (exact) mass is 425 g/mol. The van der Waals surface area contributed by atoms with Crippen LogP contribution in [0.2, 0.25) is 0 Å². The van der Waals surface area contributed by atoms with Gasteiger partial charge in [0, 0.05) is 52.9 Å². The predicted molar refractivity (Wildman–Crippen MR) is 114 cm³/mol. The fraction of sp³-hybridized carbons (Fsp3) is 0.650. The normalized spacial score (nSPS) is 23.2. The molecule has 3 atom stereocenters. The highest BCUT2D eigenvalue weighted by Gasteiger charge is 2.30. The van der Waals surface area contributed by atoms with Crippen LogP contribution in [0.25, 0.3) is 0 Å². The zero-order valence-electron chi connectivity index (χ0n) is 16.9. The molecule has 3 unspecified atom stereocenters. The lowest BCUT2D eigenvalue weighted by molar-refractivity contribution is 0.294. The van der Waals surface area contributed by atoms with E-state index in [1.165, 1.54) is 21.6 Å². The molecule has 2 aromatic heterocycles. The van der Waals surface area contributed by atoms with E-state index in [0.29, 0.717) is 18.5 Å². The predicted octanol–water partition coefficient (Wildman–Crippen LogP) is 2.68. The van der Waals surface area contributed by atoms with E-state index in [4.69, 9.17) is 0 Å². The van der Waals surface area contributed by atoms with Gasteiger partial charge in [0.25, 0.3) is 0 Å². The number of sulfone groups is 1. The maximum Gasteiger partial charge on any atom is 0.149 e. The average Bonchev–Trinajstić information content (AvgIpc) is 3.26. The molecule has 1 aliphatic rings. The number of nitrogens with zero attached hydrogens (tertiary/aromatic N) is 2. The smallest absolute Gasteiger partial charge is 0.149 e. The Morgan fingerprint density at radius 2 is 2.18 bits per heavy atom. The van der Waals surface area contributed by atoms with Crippen molar-refractivity contribution in [2.24, 2.45) is 0 Å². The van der Waals surface area contributed by atoms with Gasteiger partial charge in [0.2, 0.25) is 0 Å². The van der Waals surface area contributed by atoms with Gasteiger partial charge < -0.3 is 10.4 Å². The summed E-state index contributed by atoms with van der Waals surface area (Å²) in [7, 11) is -3.00. The van der Waals surface area contributed by atoms with E-state index < -0.39 is 9.84 Å². The number of rotatable bonds is 8. The number of aryl methyl sites for hydroxylation is 2. The summed E-state index contributed by atoms with van der Waals surface area (Å²) in [6, 6.07) is 2.92. The van der Waals surface area contributed by atoms with Gasteiger partial charge in [-0.05, 0) is 43.7 Å². The number of hydrogen-bond acceptors (Lipinski definition) is 6. The van der Waals surface area contributed by atoms with Crippen LogP contribution in [-0.4, -0.2) is 48.0 Å². The largest absolute Gasteiger partial charge is 0.396 e. The number of thiophene rings is 1. The molecule has 3 rings (SSSR count). The SMILES string of the molecule is CCc1cc(C2CC(C)NC(c3cnn(CCS(C)(=O)=O)c3)C2)c(CCO)s1. The molecule has 1 aliphatic heterocycles. The quantitative estimate of drug-likeness (QED) is 0.679. The summed E-state index contributed by atoms with van der Waals surface area (Å²) >= 11 is 1.84. The lowest BCUT2D eigenvalue weighted by atomic mass is 9.81. The first-order chi connectivity index (χ1) is 13.3. The highest BCUT2D eigenvalue weighted by atomic mass is 32.2. The van der Waals surface area contributed by atoms with Gasteiger partial charge >= 0.3 is 0 Å². The molecule has 156 valence electrons. The fourth-order valence-electron chi connectivity index (χ4n) is 4.03. The van der Waals surface area contributed by atoms with Crippen LogP contribution in [0.4, 0.5) is 0 Å². The van der Waals surface area contributed by atoms with E-state index in [-0.39, 0.29) is 18.4 Å². The van der Waals surface area contributed by atoms with Crippen molar-refractivity contribution in [3.05, 3.63) is 39.3 Å². The first-order valence-electron chi connectivity index (χ1n) is 9.97. The molecule has 0 saturated carbocycles. The number of nitrogens with one attached hydrogen (secondary N) is 1. The minimum Gasteiger partial charge on any atom is -0.396 e. The third-order valence-electron chi connectivity index (χ3n) is 5.41. The summed E-state index contributed by atoms with van der Waals surface area (Å²) in [5.41, 5.74) is 2.51. The van der Waals surface area contributed by atoms with E-state index in [0.717, 1.165) is 31.2 Å². The van der Waals surface area contributed by atoms with E-state index in [1.807, 2.05) is 23.7 Å². The molecule has 0 aliphatic carbocycles. The van der Waals surface area contributed by atoms with Crippen molar-refractivity contribution in [3.8, 4) is 0 Å². The lowest BCUT2D eigenvalue weighted by Gasteiger charge is -2.35. The Labute approximate surface area is 171 Å². The van der Waals surface area contributed by atoms with Crippen molar-refractivity contribution in [1.29, 1.82) is 0 Å². The number of aliphatic hydroxyl groups is 1. The number of aliphatic hydroxyl groups excluding tert-OH is 1. The third kappa shape index (κ3) is 5.43. The highest BCUT2D eigenvalue weighted by molar-refractivity contribution is 7.90. The van der Waals surface area contributed by atoms with Gasteiger partial charge in [-0.2, -0.15) is 5.10 Å². The lowest BCUT2D eigenvalue weighted by Crippen LogP contribution is -2.38. The number of piperidine rings is 1. The Hall–Kier alpha value is -1.22. The molecular weight excluding hydrogens is 394 g/mol. The van der Waals surface area contributed by atoms with Crippen LogP contribution in [0, 0.1) is 0 Å². The molecule has 0 amide bonds. The van der Waals surface area contributed by atoms with Gasteiger partial charge in [0.15, 0.2) is 0 Å². The molecule has 0 radical (unpaired) electrons. The molecule has 2 N–H and O–H groups in total. The third-order valence-corrected chi connectivity index (χ3v) is 7.69. The molecule has 1 saturated heterocycles. The Balaban J connectivity index is 1.76. The summed E-state index contributed by atoms with van der Waals surface area (Å²) < 4.78 is 24.5. The second-order valence-electron chi connectivity index (χ2n) is 7.87. The molecular formula is C20H31N3O3S2. The molecule has 1 fully saturated rings. The minimum absolute atomic E-state index is 0.102. The van der Waals surface area contributed by atoms with Gasteiger partial charge in [0.05, 0.1) is 18.5 Å². The zero-order valence-corrected chi connectivity index (χ0v) is 18.5. The van der Waals surface area contributed by atoms with E-state index >= 15 is 0 Å². The van der Waals surface area contributed by atoms with Crippen molar-refractivity contribution >= 4 is 21.2 Å². The van der Waals surface area contributed by atoms with Crippen LogP contribution in [0.3, 0.4) is 0 Å². The summed E-state index contributed by atoms with van der Waals surface area (Å²) in [5, 5.41) is 17.5. The van der Waals surface area contributed by atoms with Crippen molar-refractivity contribution in [2.45, 2.75) is 64.1 Å². The van der Waals surface area contributed by atoms with Crippen molar-refractivity contribution in [2.75, 3.05) is 18.6 Å². The van der Waals surface area contributed by atoms with Crippen molar-refractivity contribution in [1.82, 2.24) is 15.1 Å². The van der Waals surface area contributed by atoms with Crippen LogP contribution in [0.5, 0.6) is 0 Å². The number of hydrogen-bond donors (Lipinski definition) is 2. The Kier molecular flexibility index (Phi) is 6.96. The van der Waals surface area contributed by atoms with Crippen LogP contribution >= 0.6 is 11.3 Å². The Bertz CT molecular complexity index is 888. The average molecular weight is 426 g/mol. The number of aromatic nitrogens is 2. The maximum atomic E-state index is 11.4. The molecule has 3 heterocycles. The van der Waals surface area contributed by atoms with Crippen molar-refractivity contribution in [3.63, 3.8) is 0 Å². The zero-order chi connectivity index (χ0) is 20.3. The summed E-state index contributed by atoms with van der Waals surface area (Å²) in [6.45, 7) is 4.96. The highest BCUT2D eigenvalue weighted by Crippen LogP contribution is 2.40. The molecule has 28 heavy (non-hydrogen) atoms. The first kappa shape index (κ1) is 21.5. The minimum atomic E-state index is -3.00. The van der Waals surface area contributed by atoms with E-state index in [9.17, 15) is 13.5 Å². The summed E-state index contributed by atoms with van der Waals surface area (Å²) in [5.74, 6) is 0.559. The van der Waals surface area contributed by atoms with Gasteiger partial charge in [-0.25, -0.2) is 8.42 Å². The van der Waals surface area contributed by atoms with Gasteiger partial charge in [-0.15, -0.1) is 11.3 Å². The first-order valence-corrected chi connectivity index (χ1v) is 12.8. The van der Waals surface area contributed by atoms with Crippen LogP contribution < -0.4 is 5.32 Å². The topological polar surface area (TPSA) is 84.2 Å². The Morgan fingerprint density at radius 1 is 1.39 bits per heavy atom. The molecule has 2 aromatic rings. The van der Waals surface area contributed by atoms with E-state index in [1.54, 1.807) is 4.68 Å². The summed E-state index contributed by atoms with van der Waals surface area (Å²) in [6.07, 6.45) is 8.90. The van der Waals surface area contributed by atoms with E-state index in [2.05, 4.69) is 30.3 Å². The van der Waals surface area contributed by atoms with Gasteiger partial charge in [-0.1, -0.05) is 6.92 Å². The van der Waals surface area contributed by atoms with Crippen LogP contribution in [0.15, 0.2) is 18.5 Å². The second kappa shape index (κ2) is 9.07. The van der Waals surface area contributed by atoms with Gasteiger partial charge in [-0.3, -0.25) is 4.68 Å². The molecule has 0 bridgehead atoms. The molecule has 8 heteroatoms. The van der Waals surface area contributed by atoms with Gasteiger partial charge in [0.1, 0.15) is 9.84 Å². The molecule has 0 aromatic carbocycles.